The molecule has 0 heterocycles. The number of halogens is 3. The average Bonchev–Trinajstić information content (AvgIpc) is 2.51. The van der Waals surface area contributed by atoms with Crippen LogP contribution in [0.25, 0.3) is 0 Å². The molecule has 24 heavy (non-hydrogen) atoms. The van der Waals surface area contributed by atoms with Gasteiger partial charge in [-0.15, -0.1) is 0 Å². The maximum atomic E-state index is 12.6. The lowest BCUT2D eigenvalue weighted by Crippen LogP contribution is -2.04. The maximum Gasteiger partial charge on any atom is 0.165 e. The van der Waals surface area contributed by atoms with Crippen LogP contribution in [0.3, 0.4) is 0 Å². The molecule has 0 spiro atoms. The minimum atomic E-state index is -0.464. The summed E-state index contributed by atoms with van der Waals surface area (Å²) < 4.78 is 23.4. The minimum absolute atomic E-state index is 0.117. The van der Waals surface area contributed by atoms with Gasteiger partial charge in [0.1, 0.15) is 24.7 Å². The zero-order chi connectivity index (χ0) is 17.9. The molecular weight excluding hydrogens is 401 g/mol. The highest BCUT2D eigenvalue weighted by atomic mass is 79.9. The molecule has 0 unspecified atom stereocenters. The van der Waals surface area contributed by atoms with E-state index in [1.165, 1.54) is 6.08 Å². The Labute approximate surface area is 155 Å². The van der Waals surface area contributed by atoms with Crippen LogP contribution in [0.1, 0.15) is 32.8 Å². The maximum absolute atomic E-state index is 12.6. The lowest BCUT2D eigenvalue weighted by molar-refractivity contribution is 0.127. The molecule has 0 aliphatic heterocycles. The van der Waals surface area contributed by atoms with Crippen molar-refractivity contribution in [3.8, 4) is 11.5 Å². The zero-order valence-corrected chi connectivity index (χ0v) is 16.4. The van der Waals surface area contributed by atoms with Gasteiger partial charge in [0.2, 0.25) is 0 Å². The molecule has 0 saturated carbocycles. The largest absolute Gasteiger partial charge is 0.492 e. The van der Waals surface area contributed by atoms with Crippen LogP contribution in [0.15, 0.2) is 28.1 Å². The Morgan fingerprint density at radius 1 is 1.29 bits per heavy atom. The van der Waals surface area contributed by atoms with E-state index in [1.54, 1.807) is 6.07 Å². The standard InChI is InChI=1S/C17H22BrClFNO3/c1-4-13-10-14(22-9-6-16(18)20)11-15(19)17(13)23-7-5-8-24-21-12(2)3/h6,10-11H,4-5,7-9H2,1-3H3/b16-6+. The van der Waals surface area contributed by atoms with Crippen molar-refractivity contribution < 1.29 is 18.7 Å². The van der Waals surface area contributed by atoms with E-state index in [-0.39, 0.29) is 6.61 Å². The molecule has 0 N–H and O–H groups in total. The smallest absolute Gasteiger partial charge is 0.165 e. The lowest BCUT2D eigenvalue weighted by atomic mass is 10.1. The summed E-state index contributed by atoms with van der Waals surface area (Å²) in [7, 11) is 0. The first-order chi connectivity index (χ1) is 11.4. The summed E-state index contributed by atoms with van der Waals surface area (Å²) in [5.41, 5.74) is 1.81. The number of hydrogen-bond donors (Lipinski definition) is 0. The van der Waals surface area contributed by atoms with Gasteiger partial charge in [-0.25, -0.2) is 0 Å². The third-order valence-electron chi connectivity index (χ3n) is 2.84. The molecule has 0 aliphatic rings. The molecule has 1 aromatic carbocycles. The van der Waals surface area contributed by atoms with E-state index in [0.29, 0.717) is 36.2 Å². The second-order valence-corrected chi connectivity index (χ2v) is 6.29. The quantitative estimate of drug-likeness (QED) is 0.277. The Hall–Kier alpha value is -1.27. The van der Waals surface area contributed by atoms with Crippen molar-refractivity contribution in [2.45, 2.75) is 33.6 Å². The second kappa shape index (κ2) is 11.3. The van der Waals surface area contributed by atoms with Gasteiger partial charge in [-0.3, -0.25) is 0 Å². The number of nitrogens with zero attached hydrogens (tertiary/aromatic N) is 1. The molecule has 0 aliphatic carbocycles. The van der Waals surface area contributed by atoms with Crippen LogP contribution in [0.2, 0.25) is 5.02 Å². The Morgan fingerprint density at radius 2 is 2.04 bits per heavy atom. The van der Waals surface area contributed by atoms with Crippen molar-refractivity contribution in [1.82, 2.24) is 0 Å². The van der Waals surface area contributed by atoms with Gasteiger partial charge >= 0.3 is 0 Å². The first-order valence-corrected chi connectivity index (χ1v) is 8.83. The molecule has 0 amide bonds. The normalized spacial score (nSPS) is 11.2. The van der Waals surface area contributed by atoms with Crippen molar-refractivity contribution >= 4 is 33.2 Å². The summed E-state index contributed by atoms with van der Waals surface area (Å²) in [4.78, 5) is 5.12. The Bertz CT molecular complexity index is 585. The summed E-state index contributed by atoms with van der Waals surface area (Å²) in [5.74, 6) is 1.22. The van der Waals surface area contributed by atoms with Gasteiger partial charge in [0.15, 0.2) is 4.74 Å². The van der Waals surface area contributed by atoms with Gasteiger partial charge in [-0.1, -0.05) is 23.7 Å². The molecule has 1 aromatic rings. The van der Waals surface area contributed by atoms with Gasteiger partial charge in [0.25, 0.3) is 0 Å². The summed E-state index contributed by atoms with van der Waals surface area (Å²) >= 11 is 8.99. The zero-order valence-electron chi connectivity index (χ0n) is 14.1. The van der Waals surface area contributed by atoms with Crippen LogP contribution in [-0.4, -0.2) is 25.5 Å². The van der Waals surface area contributed by atoms with Crippen LogP contribution in [0.4, 0.5) is 4.39 Å². The molecule has 0 aromatic heterocycles. The van der Waals surface area contributed by atoms with E-state index in [9.17, 15) is 4.39 Å². The molecular formula is C17H22BrClFNO3. The summed E-state index contributed by atoms with van der Waals surface area (Å²) in [5, 5.41) is 4.33. The van der Waals surface area contributed by atoms with Gasteiger partial charge < -0.3 is 14.3 Å². The third kappa shape index (κ3) is 8.02. The third-order valence-corrected chi connectivity index (χ3v) is 3.44. The highest BCUT2D eigenvalue weighted by Crippen LogP contribution is 2.34. The van der Waals surface area contributed by atoms with E-state index in [0.717, 1.165) is 17.7 Å². The summed E-state index contributed by atoms with van der Waals surface area (Å²) in [6.07, 6.45) is 2.72. The van der Waals surface area contributed by atoms with Gasteiger partial charge in [-0.2, -0.15) is 4.39 Å². The Balaban J connectivity index is 2.60. The highest BCUT2D eigenvalue weighted by Gasteiger charge is 2.11. The van der Waals surface area contributed by atoms with Crippen LogP contribution < -0.4 is 9.47 Å². The number of benzene rings is 1. The Kier molecular flexibility index (Phi) is 9.79. The van der Waals surface area contributed by atoms with Crippen molar-refractivity contribution in [3.63, 3.8) is 0 Å². The lowest BCUT2D eigenvalue weighted by Gasteiger charge is -2.14. The fraction of sp³-hybridized carbons (Fsp3) is 0.471. The average molecular weight is 423 g/mol. The molecule has 0 bridgehead atoms. The van der Waals surface area contributed by atoms with Gasteiger partial charge in [0, 0.05) is 12.5 Å². The van der Waals surface area contributed by atoms with Crippen molar-refractivity contribution in [1.29, 1.82) is 0 Å². The fourth-order valence-corrected chi connectivity index (χ4v) is 2.22. The van der Waals surface area contributed by atoms with Gasteiger partial charge in [-0.05, 0) is 53.9 Å². The van der Waals surface area contributed by atoms with Crippen molar-refractivity contribution in [2.75, 3.05) is 19.8 Å². The first-order valence-electron chi connectivity index (χ1n) is 7.66. The van der Waals surface area contributed by atoms with Crippen LogP contribution in [0, 0.1) is 0 Å². The van der Waals surface area contributed by atoms with Crippen molar-refractivity contribution in [3.05, 3.63) is 33.5 Å². The molecule has 1 rings (SSSR count). The van der Waals surface area contributed by atoms with E-state index >= 15 is 0 Å². The number of ether oxygens (including phenoxy) is 2. The molecule has 7 heteroatoms. The second-order valence-electron chi connectivity index (χ2n) is 5.13. The number of oxime groups is 1. The van der Waals surface area contributed by atoms with Crippen molar-refractivity contribution in [2.24, 2.45) is 5.16 Å². The van der Waals surface area contributed by atoms with Crippen LogP contribution in [-0.2, 0) is 11.3 Å². The molecule has 0 saturated heterocycles. The van der Waals surface area contributed by atoms with Crippen LogP contribution >= 0.6 is 27.5 Å². The topological polar surface area (TPSA) is 40.0 Å². The Morgan fingerprint density at radius 3 is 2.67 bits per heavy atom. The SMILES string of the molecule is CCc1cc(OC/C=C(/F)Br)cc(Cl)c1OCCCON=C(C)C. The molecule has 0 fully saturated rings. The van der Waals surface area contributed by atoms with Gasteiger partial charge in [0.05, 0.1) is 17.3 Å². The monoisotopic (exact) mass is 421 g/mol. The fourth-order valence-electron chi connectivity index (χ4n) is 1.80. The first kappa shape index (κ1) is 20.8. The minimum Gasteiger partial charge on any atom is -0.492 e. The predicted octanol–water partition coefficient (Wildman–Crippen LogP) is 5.67. The summed E-state index contributed by atoms with van der Waals surface area (Å²) in [6.45, 7) is 6.82. The van der Waals surface area contributed by atoms with E-state index in [2.05, 4.69) is 21.1 Å². The number of rotatable bonds is 10. The highest BCUT2D eigenvalue weighted by molar-refractivity contribution is 9.11. The summed E-state index contributed by atoms with van der Waals surface area (Å²) in [6, 6.07) is 3.51. The molecule has 134 valence electrons. The number of hydrogen-bond acceptors (Lipinski definition) is 4. The van der Waals surface area contributed by atoms with E-state index in [1.807, 2.05) is 26.8 Å². The molecule has 4 nitrogen and oxygen atoms in total. The van der Waals surface area contributed by atoms with E-state index < -0.39 is 4.74 Å². The predicted molar refractivity (Wildman–Crippen MR) is 99.3 cm³/mol. The van der Waals surface area contributed by atoms with Crippen LogP contribution in [0.5, 0.6) is 11.5 Å². The molecule has 0 atom stereocenters. The van der Waals surface area contributed by atoms with E-state index in [4.69, 9.17) is 25.9 Å². The number of aryl methyl sites for hydroxylation is 1. The molecule has 0 radical (unpaired) electrons.